The fraction of sp³-hybridized carbons (Fsp3) is 0.800. The minimum atomic E-state index is -4.49. The SMILES string of the molecule is CCC(O)(CC)CN1c2nc(N3C[C@@H]4CC3(C)CO4)cc(=O)n2CC[C@H]1C(F)(F)F. The highest BCUT2D eigenvalue weighted by atomic mass is 19.4. The van der Waals surface area contributed by atoms with E-state index in [1.165, 1.54) is 10.6 Å². The van der Waals surface area contributed by atoms with Gasteiger partial charge in [0, 0.05) is 25.6 Å². The molecular formula is C20H29F3N4O3. The largest absolute Gasteiger partial charge is 0.408 e. The second-order valence-electron chi connectivity index (χ2n) is 9.05. The molecule has 1 aromatic heterocycles. The Morgan fingerprint density at radius 2 is 2.03 bits per heavy atom. The second kappa shape index (κ2) is 7.12. The van der Waals surface area contributed by atoms with E-state index in [4.69, 9.17) is 4.74 Å². The van der Waals surface area contributed by atoms with E-state index in [-0.39, 0.29) is 42.7 Å². The predicted molar refractivity (Wildman–Crippen MR) is 106 cm³/mol. The monoisotopic (exact) mass is 430 g/mol. The molecule has 168 valence electrons. The van der Waals surface area contributed by atoms with Gasteiger partial charge in [-0.15, -0.1) is 0 Å². The normalized spacial score (nSPS) is 28.9. The predicted octanol–water partition coefficient (Wildman–Crippen LogP) is 2.30. The highest BCUT2D eigenvalue weighted by molar-refractivity contribution is 5.50. The highest BCUT2D eigenvalue weighted by Gasteiger charge is 2.51. The Morgan fingerprint density at radius 3 is 2.57 bits per heavy atom. The van der Waals surface area contributed by atoms with Crippen LogP contribution in [0.3, 0.4) is 0 Å². The van der Waals surface area contributed by atoms with E-state index in [0.29, 0.717) is 31.8 Å². The third-order valence-corrected chi connectivity index (χ3v) is 7.00. The van der Waals surface area contributed by atoms with Crippen LogP contribution in [-0.2, 0) is 11.3 Å². The Labute approximate surface area is 173 Å². The van der Waals surface area contributed by atoms with Gasteiger partial charge in [-0.2, -0.15) is 18.2 Å². The van der Waals surface area contributed by atoms with Gasteiger partial charge < -0.3 is 19.6 Å². The summed E-state index contributed by atoms with van der Waals surface area (Å²) in [6.07, 6.45) is -3.30. The highest BCUT2D eigenvalue weighted by Crippen LogP contribution is 2.41. The number of β-amino-alcohol motifs (C(OH)–C–C–N with tert-alkyl or cyclic N) is 1. The van der Waals surface area contributed by atoms with Gasteiger partial charge in [-0.25, -0.2) is 0 Å². The molecule has 1 aromatic rings. The first kappa shape index (κ1) is 21.4. The molecule has 0 amide bonds. The van der Waals surface area contributed by atoms with Gasteiger partial charge in [0.05, 0.1) is 30.4 Å². The zero-order valence-corrected chi connectivity index (χ0v) is 17.6. The standard InChI is InChI=1S/C20H29F3N4O3/c1-4-19(29,5-2)11-26-14(20(21,22)23)6-7-25-16(28)8-15(24-17(25)26)27-10-13-9-18(27,3)12-30-13/h8,13-14,29H,4-7,9-12H2,1-3H3/t13-,14-,18?/m0/s1. The van der Waals surface area contributed by atoms with Crippen molar-refractivity contribution in [3.8, 4) is 0 Å². The van der Waals surface area contributed by atoms with Crippen LogP contribution in [0, 0.1) is 0 Å². The lowest BCUT2D eigenvalue weighted by atomic mass is 9.95. The smallest absolute Gasteiger partial charge is 0.388 e. The Morgan fingerprint density at radius 1 is 1.33 bits per heavy atom. The van der Waals surface area contributed by atoms with Gasteiger partial charge in [0.2, 0.25) is 5.95 Å². The van der Waals surface area contributed by atoms with Gasteiger partial charge in [0.15, 0.2) is 0 Å². The summed E-state index contributed by atoms with van der Waals surface area (Å²) in [6, 6.07) is -0.383. The van der Waals surface area contributed by atoms with Gasteiger partial charge in [-0.05, 0) is 26.2 Å². The zero-order valence-electron chi connectivity index (χ0n) is 17.6. The zero-order chi connectivity index (χ0) is 21.9. The first-order chi connectivity index (χ1) is 14.0. The molecule has 1 unspecified atom stereocenters. The average molecular weight is 430 g/mol. The van der Waals surface area contributed by atoms with Crippen LogP contribution in [0.2, 0.25) is 0 Å². The molecule has 0 aliphatic carbocycles. The van der Waals surface area contributed by atoms with Crippen molar-refractivity contribution < 1.29 is 23.0 Å². The van der Waals surface area contributed by atoms with Gasteiger partial charge in [-0.3, -0.25) is 9.36 Å². The Bertz CT molecular complexity index is 870. The summed E-state index contributed by atoms with van der Waals surface area (Å²) in [7, 11) is 0. The number of anilines is 2. The van der Waals surface area contributed by atoms with Crippen LogP contribution in [0.25, 0.3) is 0 Å². The molecule has 2 bridgehead atoms. The van der Waals surface area contributed by atoms with E-state index in [1.54, 1.807) is 13.8 Å². The van der Waals surface area contributed by atoms with E-state index >= 15 is 0 Å². The summed E-state index contributed by atoms with van der Waals surface area (Å²) >= 11 is 0. The molecule has 0 spiro atoms. The maximum atomic E-state index is 13.9. The number of hydrogen-bond donors (Lipinski definition) is 1. The van der Waals surface area contributed by atoms with Gasteiger partial charge in [-0.1, -0.05) is 13.8 Å². The molecule has 3 aliphatic rings. The van der Waals surface area contributed by atoms with Crippen LogP contribution in [0.1, 0.15) is 46.5 Å². The molecule has 2 fully saturated rings. The summed E-state index contributed by atoms with van der Waals surface area (Å²) in [6.45, 7) is 6.28. The van der Waals surface area contributed by atoms with Gasteiger partial charge >= 0.3 is 6.18 Å². The molecule has 0 aromatic carbocycles. The number of ether oxygens (including phenoxy) is 1. The van der Waals surface area contributed by atoms with Crippen molar-refractivity contribution in [2.24, 2.45) is 0 Å². The van der Waals surface area contributed by atoms with Crippen molar-refractivity contribution >= 4 is 11.8 Å². The maximum Gasteiger partial charge on any atom is 0.408 e. The summed E-state index contributed by atoms with van der Waals surface area (Å²) in [5.74, 6) is 0.364. The Kier molecular flexibility index (Phi) is 5.08. The molecule has 0 saturated carbocycles. The van der Waals surface area contributed by atoms with Crippen molar-refractivity contribution in [3.63, 3.8) is 0 Å². The summed E-state index contributed by atoms with van der Waals surface area (Å²) in [5.41, 5.74) is -1.99. The first-order valence-electron chi connectivity index (χ1n) is 10.6. The van der Waals surface area contributed by atoms with Crippen LogP contribution < -0.4 is 15.4 Å². The van der Waals surface area contributed by atoms with Crippen LogP contribution in [0.15, 0.2) is 10.9 Å². The van der Waals surface area contributed by atoms with Gasteiger partial charge in [0.25, 0.3) is 5.56 Å². The summed E-state index contributed by atoms with van der Waals surface area (Å²) in [5, 5.41) is 10.8. The van der Waals surface area contributed by atoms with Crippen molar-refractivity contribution in [2.75, 3.05) is 29.5 Å². The number of hydrogen-bond acceptors (Lipinski definition) is 6. The Balaban J connectivity index is 1.79. The molecule has 1 N–H and O–H groups in total. The van der Waals surface area contributed by atoms with Gasteiger partial charge in [0.1, 0.15) is 11.9 Å². The summed E-state index contributed by atoms with van der Waals surface area (Å²) in [4.78, 5) is 20.5. The molecule has 4 heterocycles. The van der Waals surface area contributed by atoms with E-state index in [0.717, 1.165) is 11.3 Å². The minimum absolute atomic E-state index is 0.0151. The average Bonchev–Trinajstić information content (AvgIpc) is 3.23. The molecular weight excluding hydrogens is 401 g/mol. The number of aliphatic hydroxyl groups is 1. The van der Waals surface area contributed by atoms with E-state index in [2.05, 4.69) is 4.98 Å². The second-order valence-corrected chi connectivity index (χ2v) is 9.05. The third-order valence-electron chi connectivity index (χ3n) is 7.00. The number of morpholine rings is 1. The molecule has 4 rings (SSSR count). The van der Waals surface area contributed by atoms with Crippen molar-refractivity contribution in [3.05, 3.63) is 16.4 Å². The molecule has 30 heavy (non-hydrogen) atoms. The lowest BCUT2D eigenvalue weighted by molar-refractivity contribution is -0.154. The van der Waals surface area contributed by atoms with Crippen molar-refractivity contribution in [1.29, 1.82) is 0 Å². The lowest BCUT2D eigenvalue weighted by Crippen LogP contribution is -2.57. The summed E-state index contributed by atoms with van der Waals surface area (Å²) < 4.78 is 48.6. The molecule has 0 radical (unpaired) electrons. The minimum Gasteiger partial charge on any atom is -0.388 e. The fourth-order valence-corrected chi connectivity index (χ4v) is 4.91. The topological polar surface area (TPSA) is 70.8 Å². The molecule has 10 heteroatoms. The van der Waals surface area contributed by atoms with Crippen molar-refractivity contribution in [2.45, 2.75) is 82.5 Å². The number of fused-ring (bicyclic) bond motifs is 3. The van der Waals surface area contributed by atoms with Crippen LogP contribution >= 0.6 is 0 Å². The number of nitrogens with zero attached hydrogens (tertiary/aromatic N) is 4. The maximum absolute atomic E-state index is 13.9. The molecule has 3 aliphatic heterocycles. The van der Waals surface area contributed by atoms with Crippen LogP contribution in [-0.4, -0.2) is 63.8 Å². The van der Waals surface area contributed by atoms with E-state index < -0.39 is 17.8 Å². The number of rotatable bonds is 5. The lowest BCUT2D eigenvalue weighted by Gasteiger charge is -2.43. The van der Waals surface area contributed by atoms with Crippen LogP contribution in [0.5, 0.6) is 0 Å². The van der Waals surface area contributed by atoms with E-state index in [9.17, 15) is 23.1 Å². The van der Waals surface area contributed by atoms with E-state index in [1.807, 2.05) is 11.8 Å². The van der Waals surface area contributed by atoms with Crippen molar-refractivity contribution in [1.82, 2.24) is 9.55 Å². The number of alkyl halides is 3. The molecule has 2 saturated heterocycles. The third kappa shape index (κ3) is 3.47. The number of halogens is 3. The fourth-order valence-electron chi connectivity index (χ4n) is 4.91. The first-order valence-corrected chi connectivity index (χ1v) is 10.6. The Hall–Kier alpha value is -1.81. The quantitative estimate of drug-likeness (QED) is 0.773. The van der Waals surface area contributed by atoms with Crippen LogP contribution in [0.4, 0.5) is 24.9 Å². The molecule has 7 nitrogen and oxygen atoms in total. The number of aromatic nitrogens is 2. The molecule has 3 atom stereocenters.